The number of piperidine rings is 1. The summed E-state index contributed by atoms with van der Waals surface area (Å²) in [6, 6.07) is 0. The van der Waals surface area contributed by atoms with Gasteiger partial charge in [-0.25, -0.2) is 0 Å². The molecular formula is C10H21N3O. The number of nitrogens with zero attached hydrogens (tertiary/aromatic N) is 1. The van der Waals surface area contributed by atoms with Crippen LogP contribution in [-0.4, -0.2) is 44.5 Å². The average molecular weight is 199 g/mol. The van der Waals surface area contributed by atoms with E-state index < -0.39 is 0 Å². The Bertz CT molecular complexity index is 192. The van der Waals surface area contributed by atoms with Crippen LogP contribution in [0.1, 0.15) is 19.3 Å². The van der Waals surface area contributed by atoms with Crippen molar-refractivity contribution in [1.29, 1.82) is 0 Å². The Balaban J connectivity index is 2.58. The Morgan fingerprint density at radius 1 is 1.50 bits per heavy atom. The zero-order chi connectivity index (χ0) is 10.6. The van der Waals surface area contributed by atoms with Crippen molar-refractivity contribution < 1.29 is 4.79 Å². The molecule has 0 radical (unpaired) electrons. The maximum atomic E-state index is 11.5. The number of nitrogens with one attached hydrogen (secondary N) is 1. The molecule has 3 N–H and O–H groups in total. The minimum Gasteiger partial charge on any atom is -0.369 e. The second-order valence-corrected chi connectivity index (χ2v) is 4.30. The van der Waals surface area contributed by atoms with Gasteiger partial charge in [0.25, 0.3) is 0 Å². The summed E-state index contributed by atoms with van der Waals surface area (Å²) in [4.78, 5) is 13.7. The smallest absolute Gasteiger partial charge is 0.223 e. The zero-order valence-corrected chi connectivity index (χ0v) is 9.18. The maximum Gasteiger partial charge on any atom is 0.223 e. The molecular weight excluding hydrogens is 178 g/mol. The third-order valence-electron chi connectivity index (χ3n) is 3.32. The highest BCUT2D eigenvalue weighted by Crippen LogP contribution is 2.33. The number of likely N-dealkylation sites (tertiary alicyclic amines) is 1. The van der Waals surface area contributed by atoms with E-state index in [9.17, 15) is 4.79 Å². The minimum atomic E-state index is -0.254. The molecule has 1 fully saturated rings. The number of nitrogens with two attached hydrogens (primary N) is 1. The van der Waals surface area contributed by atoms with Gasteiger partial charge in [-0.2, -0.15) is 0 Å². The molecule has 82 valence electrons. The van der Waals surface area contributed by atoms with Gasteiger partial charge in [-0.3, -0.25) is 4.79 Å². The van der Waals surface area contributed by atoms with Crippen molar-refractivity contribution >= 4 is 5.91 Å². The van der Waals surface area contributed by atoms with E-state index in [0.717, 1.165) is 38.9 Å². The van der Waals surface area contributed by atoms with E-state index in [1.807, 2.05) is 7.05 Å². The van der Waals surface area contributed by atoms with Crippen molar-refractivity contribution in [1.82, 2.24) is 10.2 Å². The molecule has 0 bridgehead atoms. The number of carbonyl (C=O) groups excluding carboxylic acids is 1. The van der Waals surface area contributed by atoms with Crippen LogP contribution in [0, 0.1) is 5.41 Å². The van der Waals surface area contributed by atoms with Gasteiger partial charge in [0.05, 0.1) is 5.41 Å². The summed E-state index contributed by atoms with van der Waals surface area (Å²) in [5.74, 6) is -0.124. The first-order chi connectivity index (χ1) is 6.60. The lowest BCUT2D eigenvalue weighted by molar-refractivity contribution is -0.130. The summed E-state index contributed by atoms with van der Waals surface area (Å²) >= 11 is 0. The predicted octanol–water partition coefficient (Wildman–Crippen LogP) is -0.207. The third kappa shape index (κ3) is 2.45. The molecule has 1 rings (SSSR count). The van der Waals surface area contributed by atoms with Gasteiger partial charge in [0.1, 0.15) is 0 Å². The van der Waals surface area contributed by atoms with Crippen molar-refractivity contribution in [3.05, 3.63) is 0 Å². The molecule has 4 nitrogen and oxygen atoms in total. The molecule has 0 aromatic carbocycles. The molecule has 0 saturated carbocycles. The van der Waals surface area contributed by atoms with Gasteiger partial charge >= 0.3 is 0 Å². The Labute approximate surface area is 85.8 Å². The summed E-state index contributed by atoms with van der Waals surface area (Å²) in [7, 11) is 3.99. The van der Waals surface area contributed by atoms with Crippen molar-refractivity contribution in [2.75, 3.05) is 33.7 Å². The predicted molar refractivity (Wildman–Crippen MR) is 56.9 cm³/mol. The molecule has 14 heavy (non-hydrogen) atoms. The van der Waals surface area contributed by atoms with Crippen molar-refractivity contribution in [2.24, 2.45) is 11.1 Å². The first-order valence-corrected chi connectivity index (χ1v) is 5.24. The fourth-order valence-electron chi connectivity index (χ4n) is 2.03. The molecule has 0 unspecified atom stereocenters. The first-order valence-electron chi connectivity index (χ1n) is 5.24. The van der Waals surface area contributed by atoms with Crippen LogP contribution in [-0.2, 0) is 4.79 Å². The highest BCUT2D eigenvalue weighted by Gasteiger charge is 2.38. The molecule has 1 amide bonds. The second kappa shape index (κ2) is 4.75. The number of carbonyl (C=O) groups is 1. The van der Waals surface area contributed by atoms with Crippen LogP contribution in [0.4, 0.5) is 0 Å². The minimum absolute atomic E-state index is 0.124. The van der Waals surface area contributed by atoms with Crippen LogP contribution >= 0.6 is 0 Å². The van der Waals surface area contributed by atoms with E-state index in [1.165, 1.54) is 0 Å². The zero-order valence-electron chi connectivity index (χ0n) is 9.18. The van der Waals surface area contributed by atoms with E-state index in [-0.39, 0.29) is 11.3 Å². The fraction of sp³-hybridized carbons (Fsp3) is 0.900. The lowest BCUT2D eigenvalue weighted by Gasteiger charge is -2.38. The van der Waals surface area contributed by atoms with Crippen LogP contribution in [0.15, 0.2) is 0 Å². The third-order valence-corrected chi connectivity index (χ3v) is 3.32. The second-order valence-electron chi connectivity index (χ2n) is 4.30. The van der Waals surface area contributed by atoms with Crippen LogP contribution in [0.5, 0.6) is 0 Å². The molecule has 4 heteroatoms. The van der Waals surface area contributed by atoms with E-state index in [1.54, 1.807) is 0 Å². The fourth-order valence-corrected chi connectivity index (χ4v) is 2.03. The summed E-state index contributed by atoms with van der Waals surface area (Å²) in [6.45, 7) is 2.83. The quantitative estimate of drug-likeness (QED) is 0.659. The number of primary amides is 1. The number of hydrogen-bond acceptors (Lipinski definition) is 3. The van der Waals surface area contributed by atoms with Gasteiger partial charge in [0, 0.05) is 0 Å². The normalized spacial score (nSPS) is 22.1. The van der Waals surface area contributed by atoms with Gasteiger partial charge in [-0.1, -0.05) is 0 Å². The van der Waals surface area contributed by atoms with Crippen molar-refractivity contribution in [2.45, 2.75) is 19.3 Å². The van der Waals surface area contributed by atoms with Crippen LogP contribution in [0.2, 0.25) is 0 Å². The van der Waals surface area contributed by atoms with Gasteiger partial charge in [0.15, 0.2) is 0 Å². The average Bonchev–Trinajstić information content (AvgIpc) is 2.17. The Hall–Kier alpha value is -0.610. The van der Waals surface area contributed by atoms with E-state index >= 15 is 0 Å². The summed E-state index contributed by atoms with van der Waals surface area (Å²) < 4.78 is 0. The van der Waals surface area contributed by atoms with E-state index in [2.05, 4.69) is 17.3 Å². The lowest BCUT2D eigenvalue weighted by Crippen LogP contribution is -2.47. The topological polar surface area (TPSA) is 58.4 Å². The molecule has 0 aliphatic carbocycles. The van der Waals surface area contributed by atoms with E-state index in [4.69, 9.17) is 5.73 Å². The largest absolute Gasteiger partial charge is 0.369 e. The molecule has 0 atom stereocenters. The van der Waals surface area contributed by atoms with Crippen LogP contribution in [0.3, 0.4) is 0 Å². The number of rotatable bonds is 4. The molecule has 0 aromatic rings. The van der Waals surface area contributed by atoms with Gasteiger partial charge in [-0.05, 0) is 53.0 Å². The highest BCUT2D eigenvalue weighted by atomic mass is 16.1. The van der Waals surface area contributed by atoms with Gasteiger partial charge < -0.3 is 16.0 Å². The van der Waals surface area contributed by atoms with Crippen LogP contribution < -0.4 is 11.1 Å². The monoisotopic (exact) mass is 199 g/mol. The molecule has 0 aromatic heterocycles. The van der Waals surface area contributed by atoms with E-state index in [0.29, 0.717) is 0 Å². The molecule has 0 spiro atoms. The standard InChI is InChI=1S/C10H21N3O/c1-12-6-3-10(9(11)14)4-7-13(2)8-5-10/h12H,3-8H2,1-2H3,(H2,11,14). The highest BCUT2D eigenvalue weighted by molar-refractivity contribution is 5.81. The molecule has 1 heterocycles. The molecule has 1 saturated heterocycles. The summed E-state index contributed by atoms with van der Waals surface area (Å²) in [5.41, 5.74) is 5.25. The van der Waals surface area contributed by atoms with Gasteiger partial charge in [-0.15, -0.1) is 0 Å². The van der Waals surface area contributed by atoms with Crippen molar-refractivity contribution in [3.8, 4) is 0 Å². The number of hydrogen-bond donors (Lipinski definition) is 2. The molecule has 1 aliphatic rings. The lowest BCUT2D eigenvalue weighted by atomic mass is 9.75. The Morgan fingerprint density at radius 3 is 2.50 bits per heavy atom. The Morgan fingerprint density at radius 2 is 2.07 bits per heavy atom. The summed E-state index contributed by atoms with van der Waals surface area (Å²) in [6.07, 6.45) is 2.67. The maximum absolute atomic E-state index is 11.5. The first kappa shape index (κ1) is 11.5. The Kier molecular flexibility index (Phi) is 3.89. The number of amides is 1. The van der Waals surface area contributed by atoms with Gasteiger partial charge in [0.2, 0.25) is 5.91 Å². The van der Waals surface area contributed by atoms with Crippen LogP contribution in [0.25, 0.3) is 0 Å². The van der Waals surface area contributed by atoms with Crippen molar-refractivity contribution in [3.63, 3.8) is 0 Å². The molecule has 1 aliphatic heterocycles. The summed E-state index contributed by atoms with van der Waals surface area (Å²) in [5, 5.41) is 3.08. The SMILES string of the molecule is CNCCC1(C(N)=O)CCN(C)CC1.